The Balaban J connectivity index is 1.50. The van der Waals surface area contributed by atoms with Crippen LogP contribution in [0.3, 0.4) is 0 Å². The Bertz CT molecular complexity index is 1140. The molecule has 6 nitrogen and oxygen atoms in total. The number of hydrogen-bond donors (Lipinski definition) is 2. The van der Waals surface area contributed by atoms with E-state index in [0.29, 0.717) is 15.7 Å². The largest absolute Gasteiger partial charge is 0.465 e. The summed E-state index contributed by atoms with van der Waals surface area (Å²) in [7, 11) is 1.33. The Labute approximate surface area is 175 Å². The number of carbonyl (C=O) groups is 2. The molecule has 0 aliphatic heterocycles. The molecule has 8 heteroatoms. The number of ether oxygens (including phenoxy) is 1. The van der Waals surface area contributed by atoms with Crippen LogP contribution in [-0.4, -0.2) is 34.7 Å². The molecule has 2 aromatic carbocycles. The number of thioether (sulfide) groups is 1. The Morgan fingerprint density at radius 1 is 1.14 bits per heavy atom. The monoisotopic (exact) mass is 423 g/mol. The van der Waals surface area contributed by atoms with Gasteiger partial charge in [0, 0.05) is 10.9 Å². The van der Waals surface area contributed by atoms with Crippen LogP contribution in [0, 0.1) is 0 Å². The zero-order chi connectivity index (χ0) is 20.2. The van der Waals surface area contributed by atoms with E-state index in [4.69, 9.17) is 4.74 Å². The Morgan fingerprint density at radius 2 is 1.90 bits per heavy atom. The molecule has 2 heterocycles. The van der Waals surface area contributed by atoms with Crippen LogP contribution in [0.1, 0.15) is 10.4 Å². The van der Waals surface area contributed by atoms with Crippen LogP contribution >= 0.6 is 23.1 Å². The lowest BCUT2D eigenvalue weighted by atomic mass is 10.0. The molecule has 4 rings (SSSR count). The van der Waals surface area contributed by atoms with Gasteiger partial charge in [0.1, 0.15) is 10.6 Å². The fraction of sp³-hybridized carbons (Fsp3) is 0.0952. The second-order valence-electron chi connectivity index (χ2n) is 6.11. The topological polar surface area (TPSA) is 84.1 Å². The number of aromatic amines is 1. The first-order valence-electron chi connectivity index (χ1n) is 8.78. The standard InChI is InChI=1S/C21H17N3O3S2/c1-27-20(26)18-14(13-7-3-2-4-8-13)11-28-19(18)24-17(25)12-29-21-22-15-9-5-6-10-16(15)23-21/h2-11H,12H2,1H3,(H,22,23)(H,24,25). The quantitative estimate of drug-likeness (QED) is 0.343. The zero-order valence-corrected chi connectivity index (χ0v) is 17.1. The van der Waals surface area contributed by atoms with Gasteiger partial charge in [0.15, 0.2) is 5.16 Å². The first-order chi connectivity index (χ1) is 14.2. The third-order valence-electron chi connectivity index (χ3n) is 4.23. The van der Waals surface area contributed by atoms with Gasteiger partial charge in [-0.25, -0.2) is 9.78 Å². The molecule has 2 N–H and O–H groups in total. The number of rotatable bonds is 6. The molecule has 0 fully saturated rings. The third kappa shape index (κ3) is 4.18. The highest BCUT2D eigenvalue weighted by molar-refractivity contribution is 7.99. The number of benzene rings is 2. The average Bonchev–Trinajstić information content (AvgIpc) is 3.36. The van der Waals surface area contributed by atoms with E-state index in [0.717, 1.165) is 22.2 Å². The maximum absolute atomic E-state index is 12.5. The van der Waals surface area contributed by atoms with Gasteiger partial charge in [-0.1, -0.05) is 54.2 Å². The van der Waals surface area contributed by atoms with Gasteiger partial charge < -0.3 is 15.0 Å². The second kappa shape index (κ2) is 8.50. The number of nitrogens with zero attached hydrogens (tertiary/aromatic N) is 1. The number of nitrogens with one attached hydrogen (secondary N) is 2. The van der Waals surface area contributed by atoms with Crippen LogP contribution in [0.25, 0.3) is 22.2 Å². The summed E-state index contributed by atoms with van der Waals surface area (Å²) in [6, 6.07) is 17.2. The van der Waals surface area contributed by atoms with Crippen molar-refractivity contribution in [1.29, 1.82) is 0 Å². The fourth-order valence-corrected chi connectivity index (χ4v) is 4.54. The molecular weight excluding hydrogens is 406 g/mol. The number of para-hydroxylation sites is 2. The SMILES string of the molecule is COC(=O)c1c(-c2ccccc2)csc1NC(=O)CSc1nc2ccccc2[nH]1. The molecule has 0 saturated heterocycles. The molecule has 2 aromatic heterocycles. The van der Waals surface area contributed by atoms with Gasteiger partial charge in [-0.2, -0.15) is 0 Å². The first kappa shape index (κ1) is 19.2. The van der Waals surface area contributed by atoms with Crippen molar-refractivity contribution in [3.63, 3.8) is 0 Å². The molecule has 1 amide bonds. The van der Waals surface area contributed by atoms with Crippen molar-refractivity contribution >= 4 is 51.0 Å². The number of carbonyl (C=O) groups excluding carboxylic acids is 2. The molecule has 0 aliphatic carbocycles. The summed E-state index contributed by atoms with van der Waals surface area (Å²) in [5, 5.41) is 5.84. The predicted octanol–water partition coefficient (Wildman–Crippen LogP) is 4.81. The summed E-state index contributed by atoms with van der Waals surface area (Å²) >= 11 is 2.61. The number of hydrogen-bond acceptors (Lipinski definition) is 6. The van der Waals surface area contributed by atoms with Crippen molar-refractivity contribution in [2.24, 2.45) is 0 Å². The number of aromatic nitrogens is 2. The number of fused-ring (bicyclic) bond motifs is 1. The maximum atomic E-state index is 12.5. The number of esters is 1. The van der Waals surface area contributed by atoms with E-state index in [1.165, 1.54) is 30.2 Å². The van der Waals surface area contributed by atoms with Gasteiger partial charge >= 0.3 is 5.97 Å². The minimum Gasteiger partial charge on any atom is -0.465 e. The molecule has 4 aromatic rings. The third-order valence-corrected chi connectivity index (χ3v) is 5.99. The summed E-state index contributed by atoms with van der Waals surface area (Å²) in [4.78, 5) is 32.5. The van der Waals surface area contributed by atoms with Crippen LogP contribution in [-0.2, 0) is 9.53 Å². The van der Waals surface area contributed by atoms with Gasteiger partial charge in [-0.3, -0.25) is 4.79 Å². The fourth-order valence-electron chi connectivity index (χ4n) is 2.88. The van der Waals surface area contributed by atoms with Crippen LogP contribution < -0.4 is 5.32 Å². The highest BCUT2D eigenvalue weighted by atomic mass is 32.2. The van der Waals surface area contributed by atoms with Gasteiger partial charge in [0.05, 0.1) is 23.9 Å². The number of imidazole rings is 1. The van der Waals surface area contributed by atoms with E-state index in [-0.39, 0.29) is 11.7 Å². The zero-order valence-electron chi connectivity index (χ0n) is 15.5. The molecule has 0 spiro atoms. The molecule has 146 valence electrons. The van der Waals surface area contributed by atoms with E-state index in [1.807, 2.05) is 60.0 Å². The summed E-state index contributed by atoms with van der Waals surface area (Å²) in [6.45, 7) is 0. The van der Waals surface area contributed by atoms with Crippen LogP contribution in [0.15, 0.2) is 65.1 Å². The van der Waals surface area contributed by atoms with E-state index in [1.54, 1.807) is 0 Å². The van der Waals surface area contributed by atoms with E-state index in [2.05, 4.69) is 15.3 Å². The minimum atomic E-state index is -0.481. The van der Waals surface area contributed by atoms with Crippen LogP contribution in [0.5, 0.6) is 0 Å². The smallest absolute Gasteiger partial charge is 0.341 e. The summed E-state index contributed by atoms with van der Waals surface area (Å²) < 4.78 is 4.94. The highest BCUT2D eigenvalue weighted by Gasteiger charge is 2.22. The molecule has 0 bridgehead atoms. The van der Waals surface area contributed by atoms with Crippen molar-refractivity contribution in [1.82, 2.24) is 9.97 Å². The van der Waals surface area contributed by atoms with E-state index < -0.39 is 5.97 Å². The normalized spacial score (nSPS) is 10.8. The molecular formula is C21H17N3O3S2. The lowest BCUT2D eigenvalue weighted by Crippen LogP contribution is -2.16. The molecule has 29 heavy (non-hydrogen) atoms. The average molecular weight is 424 g/mol. The highest BCUT2D eigenvalue weighted by Crippen LogP contribution is 2.36. The van der Waals surface area contributed by atoms with Crippen molar-refractivity contribution in [2.45, 2.75) is 5.16 Å². The molecule has 0 saturated carbocycles. The number of methoxy groups -OCH3 is 1. The van der Waals surface area contributed by atoms with E-state index >= 15 is 0 Å². The molecule has 0 aliphatic rings. The first-order valence-corrected chi connectivity index (χ1v) is 10.6. The van der Waals surface area contributed by atoms with Crippen LogP contribution in [0.4, 0.5) is 5.00 Å². The van der Waals surface area contributed by atoms with Gasteiger partial charge in [-0.05, 0) is 17.7 Å². The van der Waals surface area contributed by atoms with Crippen molar-refractivity contribution in [3.8, 4) is 11.1 Å². The summed E-state index contributed by atoms with van der Waals surface area (Å²) in [5.41, 5.74) is 3.78. The Kier molecular flexibility index (Phi) is 5.64. The molecule has 0 atom stereocenters. The van der Waals surface area contributed by atoms with Gasteiger partial charge in [0.2, 0.25) is 5.91 Å². The van der Waals surface area contributed by atoms with Crippen molar-refractivity contribution < 1.29 is 14.3 Å². The van der Waals surface area contributed by atoms with Crippen molar-refractivity contribution in [3.05, 3.63) is 65.5 Å². The Morgan fingerprint density at radius 3 is 2.66 bits per heavy atom. The van der Waals surface area contributed by atoms with Crippen molar-refractivity contribution in [2.75, 3.05) is 18.2 Å². The number of amides is 1. The summed E-state index contributed by atoms with van der Waals surface area (Å²) in [5.74, 6) is -0.536. The number of anilines is 1. The summed E-state index contributed by atoms with van der Waals surface area (Å²) in [6.07, 6.45) is 0. The molecule has 0 radical (unpaired) electrons. The van der Waals surface area contributed by atoms with Gasteiger partial charge in [-0.15, -0.1) is 11.3 Å². The van der Waals surface area contributed by atoms with Crippen LogP contribution in [0.2, 0.25) is 0 Å². The minimum absolute atomic E-state index is 0.166. The number of H-pyrrole nitrogens is 1. The second-order valence-corrected chi connectivity index (χ2v) is 7.95. The maximum Gasteiger partial charge on any atom is 0.341 e. The lowest BCUT2D eigenvalue weighted by molar-refractivity contribution is -0.113. The van der Waals surface area contributed by atoms with Gasteiger partial charge in [0.25, 0.3) is 0 Å². The Hall–Kier alpha value is -3.10. The number of thiophene rings is 1. The molecule has 0 unspecified atom stereocenters. The predicted molar refractivity (Wildman–Crippen MR) is 117 cm³/mol. The van der Waals surface area contributed by atoms with E-state index in [9.17, 15) is 9.59 Å². The lowest BCUT2D eigenvalue weighted by Gasteiger charge is -2.07.